The van der Waals surface area contributed by atoms with Gasteiger partial charge in [-0.2, -0.15) is 0 Å². The second-order valence-electron chi connectivity index (χ2n) is 31.5. The van der Waals surface area contributed by atoms with E-state index in [9.17, 15) is 30.1 Å². The molecule has 0 fully saturated rings. The Morgan fingerprint density at radius 1 is 0.250 bits per heavy atom. The molecule has 6 aliphatic rings. The number of fused-ring (bicyclic) bond motifs is 6. The van der Waals surface area contributed by atoms with Gasteiger partial charge in [0.1, 0.15) is 69.0 Å². The summed E-state index contributed by atoms with van der Waals surface area (Å²) in [5.74, 6) is 7.23. The second-order valence-corrected chi connectivity index (χ2v) is 33.9. The van der Waals surface area contributed by atoms with Crippen LogP contribution in [-0.4, -0.2) is 72.9 Å². The molecule has 18 rings (SSSR count). The van der Waals surface area contributed by atoms with Crippen LogP contribution in [0, 0.1) is 123 Å². The molecule has 12 aromatic rings. The van der Waals surface area contributed by atoms with Gasteiger partial charge in [-0.05, 0) is 337 Å². The fraction of sp³-hybridized carbons (Fsp3) is 0.188. The van der Waals surface area contributed by atoms with Gasteiger partial charge in [0.05, 0.1) is 109 Å². The van der Waals surface area contributed by atoms with Crippen molar-refractivity contribution in [2.75, 3.05) is 0 Å². The third-order valence-corrected chi connectivity index (χ3v) is 24.1. The Labute approximate surface area is 796 Å². The van der Waals surface area contributed by atoms with E-state index in [1.165, 1.54) is 0 Å². The van der Waals surface area contributed by atoms with E-state index in [2.05, 4.69) is 29.1 Å². The van der Waals surface area contributed by atoms with Crippen molar-refractivity contribution in [2.45, 2.75) is 123 Å². The highest BCUT2D eigenvalue weighted by Crippen LogP contribution is 2.44. The molecule has 660 valence electrons. The van der Waals surface area contributed by atoms with Crippen LogP contribution in [0.25, 0.3) is 29.1 Å². The van der Waals surface area contributed by atoms with Gasteiger partial charge < -0.3 is 86.5 Å². The number of benzene rings is 12. The Morgan fingerprint density at radius 3 is 0.909 bits per heavy atom. The average molecular weight is 1880 g/mol. The van der Waals surface area contributed by atoms with Gasteiger partial charge in [0.25, 0.3) is 0 Å². The summed E-state index contributed by atoms with van der Waals surface area (Å²) in [5.41, 5.74) is 23.3. The van der Waals surface area contributed by atoms with Crippen molar-refractivity contribution in [3.05, 3.63) is 344 Å². The lowest BCUT2D eigenvalue weighted by Gasteiger charge is -2.14. The lowest BCUT2D eigenvalue weighted by molar-refractivity contribution is 0.274. The number of hydrogen-bond donors (Lipinski definition) is 6. The zero-order chi connectivity index (χ0) is 95.1. The minimum absolute atomic E-state index is 0.358. The molecule has 132 heavy (non-hydrogen) atoms. The molecule has 6 aliphatic heterocycles. The first-order valence-electron chi connectivity index (χ1n) is 40.7. The molecule has 0 spiro atoms. The molecule has 0 saturated carbocycles. The van der Waals surface area contributed by atoms with Gasteiger partial charge in [-0.25, -0.2) is 29.1 Å². The summed E-state index contributed by atoms with van der Waals surface area (Å²) in [4.78, 5) is 20.5. The highest BCUT2D eigenvalue weighted by molar-refractivity contribution is 6.64. The summed E-state index contributed by atoms with van der Waals surface area (Å²) in [6.45, 7) is 67.3. The highest BCUT2D eigenvalue weighted by Gasteiger charge is 2.36. The van der Waals surface area contributed by atoms with Crippen LogP contribution in [0.5, 0.6) is 69.0 Å². The number of aryl methyl sites for hydroxylation is 10. The summed E-state index contributed by atoms with van der Waals surface area (Å²) in [6, 6.07) is 42.4. The smallest absolute Gasteiger partial charge is 0.457 e. The molecule has 0 bridgehead atoms. The van der Waals surface area contributed by atoms with Crippen molar-refractivity contribution in [1.82, 2.24) is 0 Å². The van der Waals surface area contributed by atoms with Crippen molar-refractivity contribution in [3.8, 4) is 69.0 Å². The topological polar surface area (TPSA) is 258 Å². The van der Waals surface area contributed by atoms with Gasteiger partial charge >= 0.3 is 42.7 Å². The first-order chi connectivity index (χ1) is 63.0. The van der Waals surface area contributed by atoms with Crippen LogP contribution in [0.2, 0.25) is 30.1 Å². The number of nitrogens with zero attached hydrogens (tertiary/aromatic N) is 6. The fourth-order valence-electron chi connectivity index (χ4n) is 15.3. The van der Waals surface area contributed by atoms with Crippen molar-refractivity contribution in [3.63, 3.8) is 0 Å². The first kappa shape index (κ1) is 97.6. The molecule has 12 aromatic carbocycles. The third-order valence-electron chi connectivity index (χ3n) is 22.3. The minimum Gasteiger partial charge on any atom is -0.457 e. The molecule has 6 heterocycles. The van der Waals surface area contributed by atoms with Crippen molar-refractivity contribution in [1.29, 1.82) is 0 Å². The molecule has 0 atom stereocenters. The number of ether oxygens (including phenoxy) is 6. The molecule has 0 saturated heterocycles. The van der Waals surface area contributed by atoms with E-state index in [4.69, 9.17) is 165 Å². The molecule has 0 unspecified atom stereocenters. The maximum absolute atomic E-state index is 9.77. The van der Waals surface area contributed by atoms with Crippen LogP contribution in [0.4, 0.5) is 34.1 Å². The number of rotatable bonds is 12. The predicted molar refractivity (Wildman–Crippen MR) is 517 cm³/mol. The van der Waals surface area contributed by atoms with E-state index < -0.39 is 42.7 Å². The predicted octanol–water partition coefficient (Wildman–Crippen LogP) is 21.1. The van der Waals surface area contributed by atoms with Crippen LogP contribution in [0.15, 0.2) is 146 Å². The maximum Gasteiger partial charge on any atom is 0.492 e. The van der Waals surface area contributed by atoms with Gasteiger partial charge in [-0.1, -0.05) is 93.9 Å². The summed E-state index contributed by atoms with van der Waals surface area (Å²) in [5, 5.41) is 60.7. The van der Waals surface area contributed by atoms with Crippen LogP contribution in [-0.2, 0) is 67.6 Å². The van der Waals surface area contributed by atoms with Gasteiger partial charge in [0.2, 0.25) is 17.1 Å². The molecule has 36 heteroatoms. The second kappa shape index (κ2) is 42.3. The summed E-state index contributed by atoms with van der Waals surface area (Å²) in [6.07, 6.45) is 0. The molecule has 6 N–H and O–H groups in total. The Hall–Kier alpha value is -12.0. The van der Waals surface area contributed by atoms with E-state index in [-0.39, 0.29) is 0 Å². The molecule has 24 nitrogen and oxygen atoms in total. The zero-order valence-corrected chi connectivity index (χ0v) is 77.6. The van der Waals surface area contributed by atoms with Gasteiger partial charge in [-0.15, -0.1) is 0 Å². The maximum atomic E-state index is 9.77. The van der Waals surface area contributed by atoms with E-state index in [1.807, 2.05) is 132 Å². The summed E-state index contributed by atoms with van der Waals surface area (Å²) in [7, 11) is -5.20. The minimum atomic E-state index is -0.869. The molecular formula is C96H78B6Cl6N6O18. The zero-order valence-electron chi connectivity index (χ0n) is 73.1. The van der Waals surface area contributed by atoms with Crippen molar-refractivity contribution >= 4 is 179 Å². The number of hydrogen-bond acceptors (Lipinski definition) is 18. The average Bonchev–Trinajstić information content (AvgIpc) is 1.64. The third kappa shape index (κ3) is 21.8. The lowest BCUT2D eigenvalue weighted by Crippen LogP contribution is -2.30. The fourth-order valence-corrected chi connectivity index (χ4v) is 16.8. The first-order valence-corrected chi connectivity index (χ1v) is 43.0. The largest absolute Gasteiger partial charge is 0.492 e. The van der Waals surface area contributed by atoms with Crippen LogP contribution < -0.4 is 61.2 Å². The highest BCUT2D eigenvalue weighted by atomic mass is 35.5. The monoisotopic (exact) mass is 1880 g/mol. The summed E-state index contributed by atoms with van der Waals surface area (Å²) >= 11 is 36.9. The Morgan fingerprint density at radius 2 is 0.538 bits per heavy atom. The SMILES string of the molecule is [C-]#[N+]c1c(C)cc(Oc2cc(C)c3c(c2)COB3O)cc1Cl.[C-]#[N+]c1c(C)cc(Oc2cc3c(cc2C)B(O)OC3)cc1Cl.[C-]#[N+]c1c(C)cc(Oc2ccc3c(c2C)COB3O)cc1Cl.[C-]#[N+]c1cc(Cl)c(Oc2cc(C)c3c(c2)COB3O)cc1C.[C-]#[N+]c1cc(Cl)c(Oc2cc3c(cc2C)B(O)OC3)cc1C.[C-]#[N+]c1cc(Cl)c(Oc2ccc3c(c2C)COB3O)cc1C. The van der Waals surface area contributed by atoms with E-state index >= 15 is 0 Å². The molecule has 0 amide bonds. The van der Waals surface area contributed by atoms with E-state index in [0.717, 1.165) is 133 Å². The van der Waals surface area contributed by atoms with Crippen LogP contribution in [0.3, 0.4) is 0 Å². The summed E-state index contributed by atoms with van der Waals surface area (Å²) < 4.78 is 66.6. The van der Waals surface area contributed by atoms with Crippen molar-refractivity contribution in [2.24, 2.45) is 0 Å². The Kier molecular flexibility index (Phi) is 31.3. The number of halogens is 6. The van der Waals surface area contributed by atoms with Gasteiger partial charge in [0, 0.05) is 0 Å². The Balaban J connectivity index is 0.000000135. The molecule has 0 aliphatic carbocycles. The molecule has 0 aromatic heterocycles. The molecule has 0 radical (unpaired) electrons. The Bertz CT molecular complexity index is 6690. The van der Waals surface area contributed by atoms with Crippen molar-refractivity contribution < 1.29 is 86.5 Å². The quantitative estimate of drug-likeness (QED) is 0.0491. The molecular weight excluding hydrogens is 1800 g/mol. The lowest BCUT2D eigenvalue weighted by atomic mass is 9.76. The van der Waals surface area contributed by atoms with Crippen LogP contribution in [0.1, 0.15) is 100 Å². The van der Waals surface area contributed by atoms with Crippen LogP contribution >= 0.6 is 69.6 Å². The normalized spacial score (nSPS) is 13.0. The van der Waals surface area contributed by atoms with E-state index in [1.54, 1.807) is 97.1 Å². The van der Waals surface area contributed by atoms with E-state index in [0.29, 0.717) is 173 Å². The van der Waals surface area contributed by atoms with Gasteiger partial charge in [-0.3, -0.25) is 0 Å². The standard InChI is InChI=1S/6C16H13BClNO3/c1-9-5-16(13(18)7-14(9)19-3)22-15-6-11-8-21-17(20)12(11)4-10(15)2;1-9-5-13-11(8-21-17(13)20)6-15(9)22-12-4-10(2)16(19-3)14(18)7-12;1-9-5-15(13(18)7-14(9)19-3)22-12-4-10(2)16-11(6-12)8-21-17(16)20;1-9-4-12(6-11-8-21-17(20)15(9)11)22-13-5-10(2)16(19-3)14(18)7-13;1-9-6-16(13(18)7-14(9)19-3)22-15-5-4-12-11(10(15)2)8-21-17(12)20;1-9-6-11(7-14(18)16(9)19-3)22-15-5-4-13-12(10(15)2)8-21-17(13)20/h6*4-7,20H,8H2,1-2H3. The van der Waals surface area contributed by atoms with Gasteiger partial charge in [0.15, 0.2) is 17.1 Å².